The molecule has 1 N–H and O–H groups in total. The van der Waals surface area contributed by atoms with Gasteiger partial charge in [-0.15, -0.1) is 10.2 Å². The Bertz CT molecular complexity index is 317. The molecule has 1 aromatic rings. The van der Waals surface area contributed by atoms with E-state index in [0.29, 0.717) is 12.1 Å². The summed E-state index contributed by atoms with van der Waals surface area (Å²) in [4.78, 5) is 0. The topological polar surface area (TPSA) is 42.7 Å². The van der Waals surface area contributed by atoms with Crippen LogP contribution in [0.1, 0.15) is 57.8 Å². The summed E-state index contributed by atoms with van der Waals surface area (Å²) < 4.78 is 2.22. The van der Waals surface area contributed by atoms with Crippen molar-refractivity contribution in [3.05, 3.63) is 12.2 Å². The van der Waals surface area contributed by atoms with E-state index in [-0.39, 0.29) is 0 Å². The van der Waals surface area contributed by atoms with E-state index in [9.17, 15) is 0 Å². The predicted octanol–water partition coefficient (Wildman–Crippen LogP) is 2.28. The average Bonchev–Trinajstić information content (AvgIpc) is 3.03. The van der Waals surface area contributed by atoms with E-state index in [0.717, 1.165) is 12.4 Å². The van der Waals surface area contributed by atoms with Crippen molar-refractivity contribution in [1.82, 2.24) is 20.1 Å². The van der Waals surface area contributed by atoms with Gasteiger partial charge in [0.05, 0.1) is 6.54 Å². The van der Waals surface area contributed by atoms with E-state index < -0.39 is 0 Å². The first-order valence-electron chi connectivity index (χ1n) is 6.43. The molecular weight excluding hydrogens is 200 g/mol. The molecule has 1 unspecified atom stereocenters. The summed E-state index contributed by atoms with van der Waals surface area (Å²) in [5, 5.41) is 11.7. The van der Waals surface area contributed by atoms with Crippen molar-refractivity contribution >= 4 is 0 Å². The summed E-state index contributed by atoms with van der Waals surface area (Å²) in [6.45, 7) is 5.32. The number of unbranched alkanes of at least 4 members (excludes halogenated alkanes) is 1. The fourth-order valence-corrected chi connectivity index (χ4v) is 1.93. The van der Waals surface area contributed by atoms with Crippen LogP contribution in [0.25, 0.3) is 0 Å². The maximum Gasteiger partial charge on any atom is 0.147 e. The molecule has 0 radical (unpaired) electrons. The lowest BCUT2D eigenvalue weighted by Gasteiger charge is -2.13. The first-order chi connectivity index (χ1) is 7.81. The predicted molar refractivity (Wildman–Crippen MR) is 64.1 cm³/mol. The van der Waals surface area contributed by atoms with Crippen LogP contribution in [-0.2, 0) is 6.54 Å². The molecule has 0 aromatic carbocycles. The molecule has 1 saturated carbocycles. The largest absolute Gasteiger partial charge is 0.313 e. The fraction of sp³-hybridized carbons (Fsp3) is 0.833. The number of hydrogen-bond donors (Lipinski definition) is 1. The van der Waals surface area contributed by atoms with Gasteiger partial charge in [0, 0.05) is 12.1 Å². The highest BCUT2D eigenvalue weighted by molar-refractivity contribution is 4.94. The van der Waals surface area contributed by atoms with E-state index >= 15 is 0 Å². The van der Waals surface area contributed by atoms with Crippen LogP contribution < -0.4 is 5.32 Å². The molecule has 1 aromatic heterocycles. The monoisotopic (exact) mass is 222 g/mol. The third-order valence-electron chi connectivity index (χ3n) is 3.19. The van der Waals surface area contributed by atoms with Crippen molar-refractivity contribution in [3.63, 3.8) is 0 Å². The molecule has 0 spiro atoms. The number of rotatable bonds is 7. The van der Waals surface area contributed by atoms with Gasteiger partial charge in [0.25, 0.3) is 0 Å². The summed E-state index contributed by atoms with van der Waals surface area (Å²) in [5.74, 6) is 1.09. The van der Waals surface area contributed by atoms with Crippen LogP contribution in [0.3, 0.4) is 0 Å². The molecule has 0 bridgehead atoms. The van der Waals surface area contributed by atoms with E-state index in [1.165, 1.54) is 32.1 Å². The first kappa shape index (κ1) is 11.6. The maximum atomic E-state index is 4.18. The molecule has 1 fully saturated rings. The smallest absolute Gasteiger partial charge is 0.147 e. The minimum Gasteiger partial charge on any atom is -0.313 e. The maximum absolute atomic E-state index is 4.18. The zero-order valence-electron chi connectivity index (χ0n) is 10.3. The zero-order valence-corrected chi connectivity index (χ0v) is 10.3. The number of aromatic nitrogens is 3. The van der Waals surface area contributed by atoms with Crippen LogP contribution in [0.5, 0.6) is 0 Å². The molecule has 0 amide bonds. The summed E-state index contributed by atoms with van der Waals surface area (Å²) in [6.07, 6.45) is 8.25. The Hall–Kier alpha value is -0.900. The van der Waals surface area contributed by atoms with E-state index in [2.05, 4.69) is 33.9 Å². The Morgan fingerprint density at radius 3 is 3.06 bits per heavy atom. The Labute approximate surface area is 97.5 Å². The van der Waals surface area contributed by atoms with Gasteiger partial charge in [0.2, 0.25) is 0 Å². The molecular formula is C12H22N4. The second kappa shape index (κ2) is 5.43. The highest BCUT2D eigenvalue weighted by Gasteiger charge is 2.25. The standard InChI is InChI=1S/C12H22N4/c1-3-4-5-10(2)13-8-12-15-14-9-16(12)11-6-7-11/h9-11,13H,3-8H2,1-2H3. The van der Waals surface area contributed by atoms with E-state index in [1.807, 2.05) is 6.33 Å². The van der Waals surface area contributed by atoms with Gasteiger partial charge in [-0.25, -0.2) is 0 Å². The minimum absolute atomic E-state index is 0.573. The minimum atomic E-state index is 0.573. The first-order valence-corrected chi connectivity index (χ1v) is 6.43. The van der Waals surface area contributed by atoms with Crippen LogP contribution in [0.15, 0.2) is 6.33 Å². The molecule has 1 atom stereocenters. The van der Waals surface area contributed by atoms with Crippen molar-refractivity contribution in [1.29, 1.82) is 0 Å². The van der Waals surface area contributed by atoms with Crippen molar-refractivity contribution in [2.24, 2.45) is 0 Å². The molecule has 1 aliphatic carbocycles. The molecule has 1 aliphatic rings. The third kappa shape index (κ3) is 3.04. The van der Waals surface area contributed by atoms with Gasteiger partial charge in [0.15, 0.2) is 0 Å². The van der Waals surface area contributed by atoms with Crippen LogP contribution in [0, 0.1) is 0 Å². The third-order valence-corrected chi connectivity index (χ3v) is 3.19. The van der Waals surface area contributed by atoms with Gasteiger partial charge in [-0.3, -0.25) is 0 Å². The number of nitrogens with one attached hydrogen (secondary N) is 1. The van der Waals surface area contributed by atoms with Crippen molar-refractivity contribution in [2.75, 3.05) is 0 Å². The molecule has 2 rings (SSSR count). The summed E-state index contributed by atoms with van der Waals surface area (Å²) in [6, 6.07) is 1.25. The molecule has 16 heavy (non-hydrogen) atoms. The highest BCUT2D eigenvalue weighted by atomic mass is 15.3. The van der Waals surface area contributed by atoms with Gasteiger partial charge in [-0.2, -0.15) is 0 Å². The summed E-state index contributed by atoms with van der Waals surface area (Å²) in [5.41, 5.74) is 0. The Kier molecular flexibility index (Phi) is 3.93. The second-order valence-corrected chi connectivity index (χ2v) is 4.81. The summed E-state index contributed by atoms with van der Waals surface area (Å²) in [7, 11) is 0. The fourth-order valence-electron chi connectivity index (χ4n) is 1.93. The van der Waals surface area contributed by atoms with Crippen LogP contribution >= 0.6 is 0 Å². The van der Waals surface area contributed by atoms with E-state index in [1.54, 1.807) is 0 Å². The van der Waals surface area contributed by atoms with Gasteiger partial charge in [0.1, 0.15) is 12.2 Å². The van der Waals surface area contributed by atoms with Crippen molar-refractivity contribution in [3.8, 4) is 0 Å². The van der Waals surface area contributed by atoms with Gasteiger partial charge in [-0.05, 0) is 26.2 Å². The quantitative estimate of drug-likeness (QED) is 0.769. The van der Waals surface area contributed by atoms with Gasteiger partial charge >= 0.3 is 0 Å². The molecule has 1 heterocycles. The Morgan fingerprint density at radius 2 is 2.38 bits per heavy atom. The van der Waals surface area contributed by atoms with Crippen LogP contribution in [-0.4, -0.2) is 20.8 Å². The van der Waals surface area contributed by atoms with Gasteiger partial charge < -0.3 is 9.88 Å². The molecule has 4 nitrogen and oxygen atoms in total. The van der Waals surface area contributed by atoms with Crippen LogP contribution in [0.4, 0.5) is 0 Å². The second-order valence-electron chi connectivity index (χ2n) is 4.81. The highest BCUT2D eigenvalue weighted by Crippen LogP contribution is 2.35. The van der Waals surface area contributed by atoms with Crippen LogP contribution in [0.2, 0.25) is 0 Å². The normalized spacial score (nSPS) is 17.6. The lowest BCUT2D eigenvalue weighted by molar-refractivity contribution is 0.477. The summed E-state index contributed by atoms with van der Waals surface area (Å²) >= 11 is 0. The zero-order chi connectivity index (χ0) is 11.4. The lowest BCUT2D eigenvalue weighted by Crippen LogP contribution is -2.26. The lowest BCUT2D eigenvalue weighted by atomic mass is 10.1. The van der Waals surface area contributed by atoms with Crippen molar-refractivity contribution < 1.29 is 0 Å². The van der Waals surface area contributed by atoms with E-state index in [4.69, 9.17) is 0 Å². The van der Waals surface area contributed by atoms with Gasteiger partial charge in [-0.1, -0.05) is 19.8 Å². The average molecular weight is 222 g/mol. The number of hydrogen-bond acceptors (Lipinski definition) is 3. The SMILES string of the molecule is CCCCC(C)NCc1nncn1C1CC1. The Balaban J connectivity index is 1.77. The Morgan fingerprint density at radius 1 is 1.56 bits per heavy atom. The molecule has 90 valence electrons. The molecule has 0 saturated heterocycles. The van der Waals surface area contributed by atoms with Crippen molar-refractivity contribution in [2.45, 2.75) is 64.6 Å². The molecule has 4 heteroatoms. The molecule has 0 aliphatic heterocycles. The number of nitrogens with zero attached hydrogens (tertiary/aromatic N) is 3.